The van der Waals surface area contributed by atoms with E-state index in [2.05, 4.69) is 9.26 Å². The van der Waals surface area contributed by atoms with Gasteiger partial charge in [-0.05, 0) is 12.8 Å². The van der Waals surface area contributed by atoms with Crippen LogP contribution < -0.4 is 0 Å². The molecule has 0 amide bonds. The molecule has 0 aromatic rings. The molecular weight excluding hydrogens is 288 g/mol. The van der Waals surface area contributed by atoms with Gasteiger partial charge in [0, 0.05) is 6.66 Å². The number of rotatable bonds is 7. The number of carbonyl (C=O) groups excluding carboxylic acids is 1. The Morgan fingerprint density at radius 1 is 1.32 bits per heavy atom. The highest BCUT2D eigenvalue weighted by molar-refractivity contribution is 7.53. The molecular formula is C10H18F3O5P. The van der Waals surface area contributed by atoms with E-state index in [-0.39, 0.29) is 19.1 Å². The summed E-state index contributed by atoms with van der Waals surface area (Å²) in [6.07, 6.45) is -7.92. The van der Waals surface area contributed by atoms with Crippen molar-refractivity contribution in [2.75, 3.05) is 19.9 Å². The van der Waals surface area contributed by atoms with Crippen molar-refractivity contribution >= 4 is 13.6 Å². The van der Waals surface area contributed by atoms with Gasteiger partial charge in [0.25, 0.3) is 6.10 Å². The second kappa shape index (κ2) is 7.26. The van der Waals surface area contributed by atoms with Gasteiger partial charge < -0.3 is 9.26 Å². The van der Waals surface area contributed by atoms with Crippen LogP contribution in [0, 0.1) is 5.92 Å². The first-order valence-electron chi connectivity index (χ1n) is 5.63. The monoisotopic (exact) mass is 306 g/mol. The number of halogens is 3. The van der Waals surface area contributed by atoms with Crippen LogP contribution in [0.3, 0.4) is 0 Å². The van der Waals surface area contributed by atoms with Crippen molar-refractivity contribution in [1.82, 2.24) is 0 Å². The molecule has 0 heterocycles. The first kappa shape index (κ1) is 18.4. The Morgan fingerprint density at radius 2 is 1.84 bits per heavy atom. The minimum atomic E-state index is -5.01. The maximum atomic E-state index is 12.6. The average Bonchev–Trinajstić information content (AvgIpc) is 2.22. The van der Waals surface area contributed by atoms with E-state index in [0.29, 0.717) is 0 Å². The average molecular weight is 306 g/mol. The molecule has 0 aliphatic heterocycles. The summed E-state index contributed by atoms with van der Waals surface area (Å²) in [5.41, 5.74) is 0. The fraction of sp³-hybridized carbons (Fsp3) is 0.900. The molecule has 0 radical (unpaired) electrons. The van der Waals surface area contributed by atoms with Crippen LogP contribution in [-0.2, 0) is 23.1 Å². The molecule has 0 aromatic carbocycles. The molecule has 0 aliphatic carbocycles. The summed E-state index contributed by atoms with van der Waals surface area (Å²) < 4.78 is 62.9. The second-order valence-electron chi connectivity index (χ2n) is 4.24. The van der Waals surface area contributed by atoms with Gasteiger partial charge in [0.1, 0.15) is 0 Å². The van der Waals surface area contributed by atoms with E-state index in [0.717, 1.165) is 6.66 Å². The van der Waals surface area contributed by atoms with Crippen molar-refractivity contribution in [3.8, 4) is 0 Å². The Hall–Kier alpha value is -0.590. The molecule has 0 spiro atoms. The molecule has 0 saturated heterocycles. The lowest BCUT2D eigenvalue weighted by Crippen LogP contribution is -2.39. The SMILES string of the molecule is CCOC(=O)[C@H](O[P@](C)(=O)OCC(C)C)C(F)(F)F. The molecule has 0 bridgehead atoms. The van der Waals surface area contributed by atoms with Crippen LogP contribution in [0.25, 0.3) is 0 Å². The molecule has 9 heteroatoms. The molecule has 114 valence electrons. The van der Waals surface area contributed by atoms with Gasteiger partial charge in [-0.2, -0.15) is 13.2 Å². The number of carbonyl (C=O) groups is 1. The van der Waals surface area contributed by atoms with Gasteiger partial charge in [0.2, 0.25) is 0 Å². The number of hydrogen-bond donors (Lipinski definition) is 0. The molecule has 0 aliphatic rings. The van der Waals surface area contributed by atoms with Crippen molar-refractivity contribution in [1.29, 1.82) is 0 Å². The Kier molecular flexibility index (Phi) is 7.04. The zero-order valence-electron chi connectivity index (χ0n) is 11.2. The topological polar surface area (TPSA) is 61.8 Å². The molecule has 5 nitrogen and oxygen atoms in total. The number of hydrogen-bond acceptors (Lipinski definition) is 5. The second-order valence-corrected chi connectivity index (χ2v) is 6.25. The Balaban J connectivity index is 4.82. The quantitative estimate of drug-likeness (QED) is 0.534. The third kappa shape index (κ3) is 7.54. The van der Waals surface area contributed by atoms with E-state index >= 15 is 0 Å². The summed E-state index contributed by atoms with van der Waals surface area (Å²) in [6.45, 7) is 5.41. The standard InChI is InChI=1S/C10H18F3O5P/c1-5-16-9(14)8(10(11,12)13)18-19(4,15)17-6-7(2)3/h7-8H,5-6H2,1-4H3/t8-,19+/m0/s1. The fourth-order valence-corrected chi connectivity index (χ4v) is 2.18. The fourth-order valence-electron chi connectivity index (χ4n) is 0.961. The van der Waals surface area contributed by atoms with E-state index in [1.165, 1.54) is 6.92 Å². The van der Waals surface area contributed by atoms with Crippen LogP contribution in [0.4, 0.5) is 13.2 Å². The molecule has 19 heavy (non-hydrogen) atoms. The van der Waals surface area contributed by atoms with Crippen molar-refractivity contribution in [2.24, 2.45) is 5.92 Å². The minimum absolute atomic E-state index is 0.0381. The largest absolute Gasteiger partial charge is 0.464 e. The van der Waals surface area contributed by atoms with Crippen molar-refractivity contribution < 1.29 is 36.3 Å². The van der Waals surface area contributed by atoms with Crippen LogP contribution in [0.15, 0.2) is 0 Å². The molecule has 0 rings (SSSR count). The maximum absolute atomic E-state index is 12.6. The Bertz CT molecular complexity index is 343. The summed E-state index contributed by atoms with van der Waals surface area (Å²) in [7, 11) is -4.00. The normalized spacial score (nSPS) is 17.1. The summed E-state index contributed by atoms with van der Waals surface area (Å²) in [4.78, 5) is 11.2. The third-order valence-electron chi connectivity index (χ3n) is 1.74. The van der Waals surface area contributed by atoms with Crippen LogP contribution in [0.1, 0.15) is 20.8 Å². The predicted molar refractivity (Wildman–Crippen MR) is 61.9 cm³/mol. The van der Waals surface area contributed by atoms with Crippen LogP contribution in [0.2, 0.25) is 0 Å². The highest BCUT2D eigenvalue weighted by Gasteiger charge is 2.50. The van der Waals surface area contributed by atoms with Crippen LogP contribution in [0.5, 0.6) is 0 Å². The highest BCUT2D eigenvalue weighted by Crippen LogP contribution is 2.48. The Labute approximate surface area is 109 Å². The minimum Gasteiger partial charge on any atom is -0.464 e. The predicted octanol–water partition coefficient (Wildman–Crippen LogP) is 2.99. The van der Waals surface area contributed by atoms with Gasteiger partial charge in [0.15, 0.2) is 0 Å². The molecule has 0 N–H and O–H groups in total. The lowest BCUT2D eigenvalue weighted by Gasteiger charge is -2.23. The first-order chi connectivity index (χ1) is 8.49. The summed E-state index contributed by atoms with van der Waals surface area (Å²) in [6, 6.07) is 0. The number of alkyl halides is 3. The lowest BCUT2D eigenvalue weighted by atomic mass is 10.2. The van der Waals surface area contributed by atoms with Gasteiger partial charge in [-0.1, -0.05) is 13.8 Å². The van der Waals surface area contributed by atoms with Crippen LogP contribution >= 0.6 is 7.60 Å². The molecule has 0 unspecified atom stereocenters. The van der Waals surface area contributed by atoms with E-state index in [1.54, 1.807) is 13.8 Å². The summed E-state index contributed by atoms with van der Waals surface area (Å²) in [5.74, 6) is -1.67. The first-order valence-corrected chi connectivity index (χ1v) is 7.62. The van der Waals surface area contributed by atoms with E-state index in [9.17, 15) is 22.5 Å². The zero-order valence-corrected chi connectivity index (χ0v) is 12.1. The van der Waals surface area contributed by atoms with Gasteiger partial charge in [-0.15, -0.1) is 0 Å². The number of ether oxygens (including phenoxy) is 1. The third-order valence-corrected chi connectivity index (χ3v) is 2.95. The maximum Gasteiger partial charge on any atom is 0.426 e. The van der Waals surface area contributed by atoms with E-state index < -0.39 is 25.8 Å². The molecule has 0 saturated carbocycles. The van der Waals surface area contributed by atoms with Crippen LogP contribution in [-0.4, -0.2) is 38.1 Å². The van der Waals surface area contributed by atoms with Gasteiger partial charge in [-0.25, -0.2) is 4.79 Å². The van der Waals surface area contributed by atoms with Crippen molar-refractivity contribution in [3.05, 3.63) is 0 Å². The number of esters is 1. The molecule has 0 aromatic heterocycles. The summed E-state index contributed by atoms with van der Waals surface area (Å²) >= 11 is 0. The lowest BCUT2D eigenvalue weighted by molar-refractivity contribution is -0.212. The Morgan fingerprint density at radius 3 is 2.21 bits per heavy atom. The van der Waals surface area contributed by atoms with Gasteiger partial charge >= 0.3 is 19.7 Å². The van der Waals surface area contributed by atoms with E-state index in [1.807, 2.05) is 0 Å². The molecule has 2 atom stereocenters. The zero-order chi connectivity index (χ0) is 15.3. The van der Waals surface area contributed by atoms with E-state index in [4.69, 9.17) is 4.52 Å². The summed E-state index contributed by atoms with van der Waals surface area (Å²) in [5, 5.41) is 0. The smallest absolute Gasteiger partial charge is 0.426 e. The molecule has 0 fully saturated rings. The van der Waals surface area contributed by atoms with Gasteiger partial charge in [-0.3, -0.25) is 9.09 Å². The van der Waals surface area contributed by atoms with Crippen molar-refractivity contribution in [2.45, 2.75) is 33.1 Å². The van der Waals surface area contributed by atoms with Gasteiger partial charge in [0.05, 0.1) is 13.2 Å². The van der Waals surface area contributed by atoms with Crippen molar-refractivity contribution in [3.63, 3.8) is 0 Å². The highest BCUT2D eigenvalue weighted by atomic mass is 31.2.